The van der Waals surface area contributed by atoms with Crippen molar-refractivity contribution in [2.45, 2.75) is 13.3 Å². The first-order valence-corrected chi connectivity index (χ1v) is 11.0. The van der Waals surface area contributed by atoms with Gasteiger partial charge in [0.25, 0.3) is 6.43 Å². The van der Waals surface area contributed by atoms with Crippen molar-refractivity contribution in [3.8, 4) is 11.5 Å². The molecule has 4 nitrogen and oxygen atoms in total. The zero-order valence-corrected chi connectivity index (χ0v) is 19.6. The van der Waals surface area contributed by atoms with E-state index in [1.165, 1.54) is 19.1 Å². The van der Waals surface area contributed by atoms with Gasteiger partial charge in [-0.05, 0) is 53.4 Å². The van der Waals surface area contributed by atoms with Crippen molar-refractivity contribution in [2.75, 3.05) is 0 Å². The van der Waals surface area contributed by atoms with Crippen LogP contribution in [0.3, 0.4) is 0 Å². The summed E-state index contributed by atoms with van der Waals surface area (Å²) in [6.07, 6.45) is 5.54. The van der Waals surface area contributed by atoms with Gasteiger partial charge in [-0.2, -0.15) is 0 Å². The molecule has 3 aromatic carbocycles. The minimum Gasteiger partial charge on any atom is -0.423 e. The molecule has 36 heavy (non-hydrogen) atoms. The summed E-state index contributed by atoms with van der Waals surface area (Å²) in [6, 6.07) is 18.7. The van der Waals surface area contributed by atoms with Gasteiger partial charge in [-0.3, -0.25) is 0 Å². The number of alkyl halides is 2. The van der Waals surface area contributed by atoms with Crippen molar-refractivity contribution in [1.29, 1.82) is 0 Å². The van der Waals surface area contributed by atoms with Gasteiger partial charge in [0.15, 0.2) is 0 Å². The Morgan fingerprint density at radius 3 is 1.78 bits per heavy atom. The number of halogens is 2. The molecule has 3 rings (SSSR count). The molecule has 0 N–H and O–H groups in total. The Kier molecular flexibility index (Phi) is 8.84. The smallest absolute Gasteiger partial charge is 0.338 e. The van der Waals surface area contributed by atoms with Crippen molar-refractivity contribution in [3.63, 3.8) is 0 Å². The number of rotatable bonds is 9. The SMILES string of the molecule is C=CC(=O)Oc1ccc(C=Cc2ccc(C=Cc3ccc(OC(=O)C(=C)C)cc3C(F)F)cc2)cc1. The molecule has 182 valence electrons. The van der Waals surface area contributed by atoms with Crippen LogP contribution in [0, 0.1) is 0 Å². The predicted molar refractivity (Wildman–Crippen MR) is 138 cm³/mol. The molecule has 0 bridgehead atoms. The predicted octanol–water partition coefficient (Wildman–Crippen LogP) is 7.54. The number of esters is 2. The van der Waals surface area contributed by atoms with Crippen molar-refractivity contribution in [2.24, 2.45) is 0 Å². The highest BCUT2D eigenvalue weighted by Crippen LogP contribution is 2.29. The van der Waals surface area contributed by atoms with E-state index in [9.17, 15) is 18.4 Å². The summed E-state index contributed by atoms with van der Waals surface area (Å²) >= 11 is 0. The third-order valence-electron chi connectivity index (χ3n) is 4.98. The van der Waals surface area contributed by atoms with E-state index >= 15 is 0 Å². The van der Waals surface area contributed by atoms with Gasteiger partial charge in [0, 0.05) is 17.2 Å². The van der Waals surface area contributed by atoms with E-state index in [2.05, 4.69) is 13.2 Å². The molecule has 0 aliphatic heterocycles. The second-order valence-corrected chi connectivity index (χ2v) is 7.79. The van der Waals surface area contributed by atoms with Crippen LogP contribution in [0.2, 0.25) is 0 Å². The standard InChI is InChI=1S/C30H24F2O4/c1-4-28(33)35-25-16-12-23(13-17-25)10-7-21-5-8-22(9-6-21)11-14-24-15-18-26(19-27(24)29(31)32)36-30(34)20(2)3/h4-19,29H,1-2H2,3H3. The van der Waals surface area contributed by atoms with Crippen LogP contribution in [0.25, 0.3) is 24.3 Å². The summed E-state index contributed by atoms with van der Waals surface area (Å²) in [5.74, 6) is -0.706. The average molecular weight is 487 g/mol. The molecular weight excluding hydrogens is 462 g/mol. The van der Waals surface area contributed by atoms with E-state index in [4.69, 9.17) is 9.47 Å². The molecule has 0 aromatic heterocycles. The largest absolute Gasteiger partial charge is 0.423 e. The molecule has 3 aromatic rings. The molecule has 0 saturated heterocycles. The van der Waals surface area contributed by atoms with Crippen LogP contribution in [-0.4, -0.2) is 11.9 Å². The van der Waals surface area contributed by atoms with Crippen LogP contribution in [0.4, 0.5) is 8.78 Å². The maximum Gasteiger partial charge on any atom is 0.338 e. The highest BCUT2D eigenvalue weighted by molar-refractivity contribution is 5.89. The topological polar surface area (TPSA) is 52.6 Å². The molecule has 0 unspecified atom stereocenters. The Hall–Kier alpha value is -4.58. The molecule has 0 heterocycles. The second-order valence-electron chi connectivity index (χ2n) is 7.79. The van der Waals surface area contributed by atoms with Gasteiger partial charge in [0.2, 0.25) is 0 Å². The summed E-state index contributed by atoms with van der Waals surface area (Å²) in [4.78, 5) is 22.9. The fourth-order valence-electron chi connectivity index (χ4n) is 3.05. The van der Waals surface area contributed by atoms with E-state index in [0.717, 1.165) is 28.8 Å². The fourth-order valence-corrected chi connectivity index (χ4v) is 3.05. The van der Waals surface area contributed by atoms with Gasteiger partial charge < -0.3 is 9.47 Å². The highest BCUT2D eigenvalue weighted by Gasteiger charge is 2.14. The number of carbonyl (C=O) groups is 2. The lowest BCUT2D eigenvalue weighted by molar-refractivity contribution is -0.130. The van der Waals surface area contributed by atoms with Crippen molar-refractivity contribution in [3.05, 3.63) is 119 Å². The number of ether oxygens (including phenoxy) is 2. The summed E-state index contributed by atoms with van der Waals surface area (Å²) in [5, 5.41) is 0. The van der Waals surface area contributed by atoms with Gasteiger partial charge in [-0.1, -0.05) is 79.9 Å². The van der Waals surface area contributed by atoms with Gasteiger partial charge in [-0.15, -0.1) is 0 Å². The molecule has 0 fully saturated rings. The van der Waals surface area contributed by atoms with Crippen LogP contribution < -0.4 is 9.47 Å². The third-order valence-corrected chi connectivity index (χ3v) is 4.98. The van der Waals surface area contributed by atoms with Crippen molar-refractivity contribution < 1.29 is 27.8 Å². The van der Waals surface area contributed by atoms with E-state index in [-0.39, 0.29) is 16.9 Å². The quantitative estimate of drug-likeness (QED) is 0.136. The maximum absolute atomic E-state index is 13.6. The Morgan fingerprint density at radius 2 is 1.28 bits per heavy atom. The van der Waals surface area contributed by atoms with Crippen LogP contribution in [-0.2, 0) is 9.59 Å². The maximum atomic E-state index is 13.6. The molecule has 6 heteroatoms. The van der Waals surface area contributed by atoms with Crippen LogP contribution in [0.5, 0.6) is 11.5 Å². The summed E-state index contributed by atoms with van der Waals surface area (Å²) in [6.45, 7) is 8.32. The summed E-state index contributed by atoms with van der Waals surface area (Å²) in [5.41, 5.74) is 2.98. The molecule has 0 spiro atoms. The lowest BCUT2D eigenvalue weighted by Crippen LogP contribution is -2.08. The molecule has 0 aliphatic carbocycles. The lowest BCUT2D eigenvalue weighted by Gasteiger charge is -2.09. The minimum absolute atomic E-state index is 0.0407. The molecule has 0 atom stereocenters. The Labute approximate surface area is 208 Å². The molecule has 0 aliphatic rings. The normalized spacial score (nSPS) is 11.1. The monoisotopic (exact) mass is 486 g/mol. The molecular formula is C30H24F2O4. The third kappa shape index (κ3) is 7.46. The first-order valence-electron chi connectivity index (χ1n) is 11.0. The van der Waals surface area contributed by atoms with E-state index in [1.807, 2.05) is 48.6 Å². The first kappa shape index (κ1) is 26.0. The van der Waals surface area contributed by atoms with E-state index in [1.54, 1.807) is 24.3 Å². The molecule has 0 radical (unpaired) electrons. The zero-order valence-electron chi connectivity index (χ0n) is 19.6. The molecule has 0 saturated carbocycles. The Bertz CT molecular complexity index is 1320. The number of benzene rings is 3. The number of hydrogen-bond donors (Lipinski definition) is 0. The van der Waals surface area contributed by atoms with Crippen molar-refractivity contribution >= 4 is 36.2 Å². The highest BCUT2D eigenvalue weighted by atomic mass is 19.3. The average Bonchev–Trinajstić information content (AvgIpc) is 2.87. The second kappa shape index (κ2) is 12.2. The van der Waals surface area contributed by atoms with Gasteiger partial charge in [-0.25, -0.2) is 18.4 Å². The summed E-state index contributed by atoms with van der Waals surface area (Å²) in [7, 11) is 0. The lowest BCUT2D eigenvalue weighted by atomic mass is 10.0. The Morgan fingerprint density at radius 1 is 0.778 bits per heavy atom. The zero-order chi connectivity index (χ0) is 26.1. The van der Waals surface area contributed by atoms with Crippen LogP contribution in [0.1, 0.15) is 41.2 Å². The molecule has 0 amide bonds. The first-order chi connectivity index (χ1) is 17.2. The van der Waals surface area contributed by atoms with Gasteiger partial charge >= 0.3 is 11.9 Å². The number of carbonyl (C=O) groups excluding carboxylic acids is 2. The van der Waals surface area contributed by atoms with Gasteiger partial charge in [0.1, 0.15) is 11.5 Å². The van der Waals surface area contributed by atoms with E-state index in [0.29, 0.717) is 11.3 Å². The fraction of sp³-hybridized carbons (Fsp3) is 0.0667. The Balaban J connectivity index is 1.67. The minimum atomic E-state index is -2.73. The van der Waals surface area contributed by atoms with Crippen LogP contribution >= 0.6 is 0 Å². The van der Waals surface area contributed by atoms with Crippen LogP contribution in [0.15, 0.2) is 91.5 Å². The van der Waals surface area contributed by atoms with Gasteiger partial charge in [0.05, 0.1) is 0 Å². The summed E-state index contributed by atoms with van der Waals surface area (Å²) < 4.78 is 37.3. The van der Waals surface area contributed by atoms with E-state index < -0.39 is 18.4 Å². The van der Waals surface area contributed by atoms with Crippen molar-refractivity contribution in [1.82, 2.24) is 0 Å². The number of hydrogen-bond acceptors (Lipinski definition) is 4.